The molecule has 8 rings (SSSR count). The van der Waals surface area contributed by atoms with Gasteiger partial charge in [-0.2, -0.15) is 0 Å². The van der Waals surface area contributed by atoms with Crippen LogP contribution in [0, 0.1) is 13.8 Å². The summed E-state index contributed by atoms with van der Waals surface area (Å²) in [4.78, 5) is 2.52. The Kier molecular flexibility index (Phi) is 6.93. The maximum absolute atomic E-state index is 2.52. The number of fused-ring (bicyclic) bond motifs is 6. The molecule has 0 saturated carbocycles. The Hall–Kier alpha value is -4.88. The number of hydrogen-bond donors (Lipinski definition) is 0. The molecule has 2 aliphatic rings. The van der Waals surface area contributed by atoms with Crippen LogP contribution >= 0.6 is 0 Å². The number of hydrogen-bond acceptors (Lipinski definition) is 1. The smallest absolute Gasteiger partial charge is 0.0540 e. The fourth-order valence-corrected chi connectivity index (χ4v) is 8.92. The second-order valence-corrected chi connectivity index (χ2v) is 16.4. The highest BCUT2D eigenvalue weighted by molar-refractivity contribution is 5.93. The number of benzene rings is 6. The monoisotopic (exact) mass is 637 g/mol. The van der Waals surface area contributed by atoms with Crippen LogP contribution in [-0.4, -0.2) is 0 Å². The van der Waals surface area contributed by atoms with Crippen LogP contribution in [0.25, 0.3) is 33.4 Å². The van der Waals surface area contributed by atoms with Gasteiger partial charge in [-0.15, -0.1) is 0 Å². The fourth-order valence-electron chi connectivity index (χ4n) is 8.92. The van der Waals surface area contributed by atoms with Crippen molar-refractivity contribution in [1.82, 2.24) is 0 Å². The first kappa shape index (κ1) is 31.4. The molecule has 0 bridgehead atoms. The van der Waals surface area contributed by atoms with E-state index >= 15 is 0 Å². The van der Waals surface area contributed by atoms with Gasteiger partial charge in [0.15, 0.2) is 0 Å². The van der Waals surface area contributed by atoms with Crippen molar-refractivity contribution in [3.05, 3.63) is 160 Å². The molecule has 6 aromatic rings. The molecular formula is C48H47N. The molecule has 6 aromatic carbocycles. The van der Waals surface area contributed by atoms with E-state index in [1.54, 1.807) is 0 Å². The lowest BCUT2D eigenvalue weighted by molar-refractivity contribution is 0.589. The topological polar surface area (TPSA) is 3.24 Å². The summed E-state index contributed by atoms with van der Waals surface area (Å²) in [7, 11) is 0. The summed E-state index contributed by atoms with van der Waals surface area (Å²) in [6, 6.07) is 45.9. The van der Waals surface area contributed by atoms with Gasteiger partial charge in [-0.3, -0.25) is 0 Å². The zero-order valence-electron chi connectivity index (χ0n) is 30.5. The van der Waals surface area contributed by atoms with Gasteiger partial charge in [0.1, 0.15) is 0 Å². The lowest BCUT2D eigenvalue weighted by Crippen LogP contribution is -2.18. The summed E-state index contributed by atoms with van der Waals surface area (Å²) in [5, 5.41) is 0. The minimum Gasteiger partial charge on any atom is -0.310 e. The van der Waals surface area contributed by atoms with Gasteiger partial charge in [0.25, 0.3) is 0 Å². The summed E-state index contributed by atoms with van der Waals surface area (Å²) < 4.78 is 0. The predicted octanol–water partition coefficient (Wildman–Crippen LogP) is 13.4. The van der Waals surface area contributed by atoms with Crippen LogP contribution in [0.4, 0.5) is 17.1 Å². The number of aryl methyl sites for hydroxylation is 2. The van der Waals surface area contributed by atoms with Gasteiger partial charge in [0.05, 0.1) is 5.69 Å². The van der Waals surface area contributed by atoms with Gasteiger partial charge in [0.2, 0.25) is 0 Å². The van der Waals surface area contributed by atoms with Crippen molar-refractivity contribution in [3.8, 4) is 33.4 Å². The lowest BCUT2D eigenvalue weighted by Gasteiger charge is -2.31. The van der Waals surface area contributed by atoms with Crippen molar-refractivity contribution < 1.29 is 0 Å². The average molecular weight is 638 g/mol. The van der Waals surface area contributed by atoms with Crippen molar-refractivity contribution in [1.29, 1.82) is 0 Å². The third kappa shape index (κ3) is 4.66. The molecular weight excluding hydrogens is 591 g/mol. The van der Waals surface area contributed by atoms with E-state index in [4.69, 9.17) is 0 Å². The summed E-state index contributed by atoms with van der Waals surface area (Å²) in [5.41, 5.74) is 21.0. The Labute approximate surface area is 293 Å². The Balaban J connectivity index is 1.39. The largest absolute Gasteiger partial charge is 0.310 e. The first-order chi connectivity index (χ1) is 23.3. The van der Waals surface area contributed by atoms with Crippen LogP contribution in [0.3, 0.4) is 0 Å². The molecule has 0 radical (unpaired) electrons. The van der Waals surface area contributed by atoms with Crippen LogP contribution < -0.4 is 4.90 Å². The second-order valence-electron chi connectivity index (χ2n) is 16.4. The standard InChI is InChI=1S/C48H47N/c1-30-16-14-17-31(2)44(30)37-19-11-13-23-43(37)49(32-24-26-35-34-18-10-12-20-38(34)47(6,7)41(35)28-32)33-25-27-36-42(29-33)48(8,9)40-22-15-21-39(45(36)40)46(3,4)5/h10-29H,1-9H3. The average Bonchev–Trinajstić information content (AvgIpc) is 3.44. The molecule has 0 saturated heterocycles. The molecule has 2 aliphatic carbocycles. The highest BCUT2D eigenvalue weighted by atomic mass is 15.1. The van der Waals surface area contributed by atoms with E-state index in [9.17, 15) is 0 Å². The molecule has 49 heavy (non-hydrogen) atoms. The number of anilines is 3. The molecule has 0 unspecified atom stereocenters. The van der Waals surface area contributed by atoms with E-state index in [2.05, 4.69) is 189 Å². The first-order valence-corrected chi connectivity index (χ1v) is 17.8. The molecule has 0 heterocycles. The van der Waals surface area contributed by atoms with Crippen molar-refractivity contribution >= 4 is 17.1 Å². The van der Waals surface area contributed by atoms with Crippen molar-refractivity contribution in [2.45, 2.75) is 78.6 Å². The zero-order chi connectivity index (χ0) is 34.5. The van der Waals surface area contributed by atoms with Crippen molar-refractivity contribution in [2.75, 3.05) is 4.90 Å². The Bertz CT molecular complexity index is 2270. The quantitative estimate of drug-likeness (QED) is 0.186. The predicted molar refractivity (Wildman–Crippen MR) is 210 cm³/mol. The van der Waals surface area contributed by atoms with Crippen molar-refractivity contribution in [3.63, 3.8) is 0 Å². The Morgan fingerprint density at radius 1 is 0.449 bits per heavy atom. The lowest BCUT2D eigenvalue weighted by atomic mass is 9.79. The second kappa shape index (κ2) is 10.8. The number of nitrogens with zero attached hydrogens (tertiary/aromatic N) is 1. The van der Waals surface area contributed by atoms with Crippen LogP contribution in [0.1, 0.15) is 87.4 Å². The molecule has 0 fully saturated rings. The van der Waals surface area contributed by atoms with Crippen molar-refractivity contribution in [2.24, 2.45) is 0 Å². The Morgan fingerprint density at radius 3 is 1.63 bits per heavy atom. The zero-order valence-corrected chi connectivity index (χ0v) is 30.5. The van der Waals surface area contributed by atoms with Gasteiger partial charge in [-0.25, -0.2) is 0 Å². The molecule has 0 aromatic heterocycles. The number of rotatable bonds is 4. The van der Waals surface area contributed by atoms with Crippen LogP contribution in [0.15, 0.2) is 121 Å². The van der Waals surface area contributed by atoms with E-state index in [-0.39, 0.29) is 16.2 Å². The number of para-hydroxylation sites is 1. The van der Waals surface area contributed by atoms with Gasteiger partial charge >= 0.3 is 0 Å². The molecule has 1 heteroatoms. The molecule has 0 atom stereocenters. The molecule has 0 N–H and O–H groups in total. The minimum absolute atomic E-state index is 0.0485. The van der Waals surface area contributed by atoms with Crippen LogP contribution in [-0.2, 0) is 16.2 Å². The van der Waals surface area contributed by atoms with Crippen LogP contribution in [0.2, 0.25) is 0 Å². The molecule has 0 aliphatic heterocycles. The van der Waals surface area contributed by atoms with E-state index in [1.807, 2.05) is 0 Å². The van der Waals surface area contributed by atoms with Gasteiger partial charge in [-0.1, -0.05) is 139 Å². The maximum atomic E-state index is 2.52. The molecule has 1 nitrogen and oxygen atoms in total. The van der Waals surface area contributed by atoms with Crippen LogP contribution in [0.5, 0.6) is 0 Å². The van der Waals surface area contributed by atoms with Gasteiger partial charge < -0.3 is 4.90 Å². The normalized spacial score (nSPS) is 15.0. The third-order valence-electron chi connectivity index (χ3n) is 11.5. The summed E-state index contributed by atoms with van der Waals surface area (Å²) >= 11 is 0. The molecule has 244 valence electrons. The summed E-state index contributed by atoms with van der Waals surface area (Å²) in [5.74, 6) is 0. The van der Waals surface area contributed by atoms with E-state index in [0.717, 1.165) is 0 Å². The highest BCUT2D eigenvalue weighted by Gasteiger charge is 2.40. The maximum Gasteiger partial charge on any atom is 0.0540 e. The molecule has 0 amide bonds. The summed E-state index contributed by atoms with van der Waals surface area (Å²) in [6.45, 7) is 21.0. The van der Waals surface area contributed by atoms with Gasteiger partial charge in [-0.05, 0) is 116 Å². The van der Waals surface area contributed by atoms with E-state index in [0.29, 0.717) is 0 Å². The SMILES string of the molecule is Cc1cccc(C)c1-c1ccccc1N(c1ccc2c(c1)C(C)(C)c1ccccc1-2)c1ccc2c(c1)C(C)(C)c1cccc(C(C)(C)C)c1-2. The highest BCUT2D eigenvalue weighted by Crippen LogP contribution is 2.55. The fraction of sp³-hybridized carbons (Fsp3) is 0.250. The van der Waals surface area contributed by atoms with E-state index < -0.39 is 0 Å². The minimum atomic E-state index is -0.124. The summed E-state index contributed by atoms with van der Waals surface area (Å²) in [6.07, 6.45) is 0. The Morgan fingerprint density at radius 2 is 0.959 bits per heavy atom. The van der Waals surface area contributed by atoms with E-state index in [1.165, 1.54) is 89.4 Å². The first-order valence-electron chi connectivity index (χ1n) is 17.8. The molecule has 0 spiro atoms. The third-order valence-corrected chi connectivity index (χ3v) is 11.5. The van der Waals surface area contributed by atoms with Gasteiger partial charge in [0, 0.05) is 27.8 Å².